The van der Waals surface area contributed by atoms with Crippen LogP contribution < -0.4 is 21.1 Å². The summed E-state index contributed by atoms with van der Waals surface area (Å²) in [7, 11) is -3.80. The molecule has 0 saturated heterocycles. The number of H-pyrrole nitrogens is 1. The smallest absolute Gasteiger partial charge is 0.304 e. The van der Waals surface area contributed by atoms with E-state index in [2.05, 4.69) is 10.3 Å². The molecule has 9 heteroatoms. The maximum absolute atomic E-state index is 11.3. The molecule has 0 aliphatic rings. The monoisotopic (exact) mass is 300 g/mol. The Labute approximate surface area is 113 Å². The van der Waals surface area contributed by atoms with E-state index in [1.165, 1.54) is 12.1 Å². The minimum Gasteiger partial charge on any atom is -0.399 e. The summed E-state index contributed by atoms with van der Waals surface area (Å²) < 4.78 is 22.5. The first-order valence-electron chi connectivity index (χ1n) is 5.18. The standard InChI is InChI=1S/C10H12N4O3S2/c11-6-1-7(3-9(2-6)19(12,16)17)13-4-8-5-18-10(15)14-8/h1-3,5,13H,4,11H2,(H,14,15)(H2,12,16,17). The highest BCUT2D eigenvalue weighted by Crippen LogP contribution is 2.20. The summed E-state index contributed by atoms with van der Waals surface area (Å²) in [6, 6.07) is 4.25. The van der Waals surface area contributed by atoms with Gasteiger partial charge in [-0.3, -0.25) is 4.79 Å². The van der Waals surface area contributed by atoms with E-state index in [1.807, 2.05) is 0 Å². The maximum atomic E-state index is 11.3. The average Bonchev–Trinajstić information content (AvgIpc) is 2.71. The first-order chi connectivity index (χ1) is 8.84. The zero-order chi connectivity index (χ0) is 14.0. The lowest BCUT2D eigenvalue weighted by atomic mass is 10.3. The number of sulfonamides is 1. The first kappa shape index (κ1) is 13.6. The van der Waals surface area contributed by atoms with E-state index in [9.17, 15) is 13.2 Å². The van der Waals surface area contributed by atoms with Crippen LogP contribution >= 0.6 is 11.3 Å². The topological polar surface area (TPSA) is 131 Å². The Kier molecular flexibility index (Phi) is 3.60. The van der Waals surface area contributed by atoms with Gasteiger partial charge < -0.3 is 16.0 Å². The zero-order valence-electron chi connectivity index (χ0n) is 9.71. The molecule has 102 valence electrons. The molecule has 0 amide bonds. The molecule has 19 heavy (non-hydrogen) atoms. The number of hydrogen-bond acceptors (Lipinski definition) is 6. The number of benzene rings is 1. The number of nitrogens with one attached hydrogen (secondary N) is 2. The summed E-state index contributed by atoms with van der Waals surface area (Å²) in [6.07, 6.45) is 0. The highest BCUT2D eigenvalue weighted by Gasteiger charge is 2.10. The van der Waals surface area contributed by atoms with Gasteiger partial charge in [-0.05, 0) is 18.2 Å². The average molecular weight is 300 g/mol. The number of anilines is 2. The van der Waals surface area contributed by atoms with Crippen LogP contribution in [0.25, 0.3) is 0 Å². The lowest BCUT2D eigenvalue weighted by Crippen LogP contribution is -2.13. The summed E-state index contributed by atoms with van der Waals surface area (Å²) in [5, 5.41) is 9.70. The van der Waals surface area contributed by atoms with E-state index in [-0.39, 0.29) is 15.5 Å². The number of hydrogen-bond donors (Lipinski definition) is 4. The molecular weight excluding hydrogens is 288 g/mol. The Bertz CT molecular complexity index is 748. The van der Waals surface area contributed by atoms with E-state index in [4.69, 9.17) is 10.9 Å². The van der Waals surface area contributed by atoms with Crippen LogP contribution in [0.15, 0.2) is 33.3 Å². The molecule has 7 nitrogen and oxygen atoms in total. The molecule has 1 aromatic carbocycles. The van der Waals surface area contributed by atoms with Crippen molar-refractivity contribution < 1.29 is 8.42 Å². The largest absolute Gasteiger partial charge is 0.399 e. The second kappa shape index (κ2) is 5.03. The van der Waals surface area contributed by atoms with Gasteiger partial charge in [-0.25, -0.2) is 13.6 Å². The van der Waals surface area contributed by atoms with Gasteiger partial charge in [0.2, 0.25) is 10.0 Å². The van der Waals surface area contributed by atoms with Crippen molar-refractivity contribution in [1.82, 2.24) is 4.98 Å². The van der Waals surface area contributed by atoms with E-state index >= 15 is 0 Å². The molecule has 0 unspecified atom stereocenters. The number of primary sulfonamides is 1. The summed E-state index contributed by atoms with van der Waals surface area (Å²) in [6.45, 7) is 0.353. The molecule has 2 rings (SSSR count). The fraction of sp³-hybridized carbons (Fsp3) is 0.100. The van der Waals surface area contributed by atoms with Gasteiger partial charge in [0, 0.05) is 22.4 Å². The number of aromatic amines is 1. The minimum absolute atomic E-state index is 0.0613. The lowest BCUT2D eigenvalue weighted by Gasteiger charge is -2.08. The quantitative estimate of drug-likeness (QED) is 0.602. The van der Waals surface area contributed by atoms with Crippen LogP contribution in [0.3, 0.4) is 0 Å². The summed E-state index contributed by atoms with van der Waals surface area (Å²) in [5.41, 5.74) is 7.11. The SMILES string of the molecule is Nc1cc(NCc2csc(=O)[nH]2)cc(S(N)(=O)=O)c1. The Hall–Kier alpha value is -1.84. The molecule has 1 aromatic heterocycles. The van der Waals surface area contributed by atoms with Gasteiger partial charge >= 0.3 is 4.87 Å². The summed E-state index contributed by atoms with van der Waals surface area (Å²) >= 11 is 1.06. The normalized spacial score (nSPS) is 11.4. The van der Waals surface area contributed by atoms with Crippen molar-refractivity contribution in [2.24, 2.45) is 5.14 Å². The highest BCUT2D eigenvalue weighted by molar-refractivity contribution is 7.89. The molecule has 0 aliphatic carbocycles. The van der Waals surface area contributed by atoms with Gasteiger partial charge in [-0.1, -0.05) is 11.3 Å². The molecule has 2 aromatic rings. The molecule has 0 fully saturated rings. The molecule has 0 radical (unpaired) electrons. The molecular formula is C10H12N4O3S2. The Balaban J connectivity index is 2.21. The number of nitrogen functional groups attached to an aromatic ring is 1. The molecule has 0 aliphatic heterocycles. The van der Waals surface area contributed by atoms with Crippen LogP contribution in [-0.4, -0.2) is 13.4 Å². The van der Waals surface area contributed by atoms with Crippen molar-refractivity contribution in [3.8, 4) is 0 Å². The van der Waals surface area contributed by atoms with Gasteiger partial charge in [-0.15, -0.1) is 0 Å². The van der Waals surface area contributed by atoms with Gasteiger partial charge in [-0.2, -0.15) is 0 Å². The van der Waals surface area contributed by atoms with Crippen molar-refractivity contribution in [2.45, 2.75) is 11.4 Å². The third-order valence-electron chi connectivity index (χ3n) is 2.31. The van der Waals surface area contributed by atoms with Crippen molar-refractivity contribution in [3.05, 3.63) is 38.9 Å². The Morgan fingerprint density at radius 1 is 1.32 bits per heavy atom. The second-order valence-corrected chi connectivity index (χ2v) is 6.27. The third kappa shape index (κ3) is 3.56. The van der Waals surface area contributed by atoms with Crippen LogP contribution in [-0.2, 0) is 16.6 Å². The lowest BCUT2D eigenvalue weighted by molar-refractivity contribution is 0.598. The predicted octanol–water partition coefficient (Wildman–Crippen LogP) is 0.278. The van der Waals surface area contributed by atoms with E-state index < -0.39 is 10.0 Å². The van der Waals surface area contributed by atoms with Crippen LogP contribution in [0.5, 0.6) is 0 Å². The molecule has 0 saturated carbocycles. The predicted molar refractivity (Wildman–Crippen MR) is 74.5 cm³/mol. The van der Waals surface area contributed by atoms with Crippen molar-refractivity contribution in [1.29, 1.82) is 0 Å². The highest BCUT2D eigenvalue weighted by atomic mass is 32.2. The fourth-order valence-corrected chi connectivity index (χ4v) is 2.66. The summed E-state index contributed by atoms with van der Waals surface area (Å²) in [5.74, 6) is 0. The van der Waals surface area contributed by atoms with Gasteiger partial charge in [0.1, 0.15) is 0 Å². The molecule has 1 heterocycles. The molecule has 0 atom stereocenters. The van der Waals surface area contributed by atoms with Gasteiger partial charge in [0.15, 0.2) is 0 Å². The van der Waals surface area contributed by atoms with Crippen molar-refractivity contribution in [2.75, 3.05) is 11.1 Å². The zero-order valence-corrected chi connectivity index (χ0v) is 11.3. The van der Waals surface area contributed by atoms with Gasteiger partial charge in [0.05, 0.1) is 11.4 Å². The van der Waals surface area contributed by atoms with E-state index in [0.717, 1.165) is 11.3 Å². The van der Waals surface area contributed by atoms with E-state index in [0.29, 0.717) is 17.9 Å². The van der Waals surface area contributed by atoms with Crippen LogP contribution in [0, 0.1) is 0 Å². The van der Waals surface area contributed by atoms with Crippen LogP contribution in [0.4, 0.5) is 11.4 Å². The third-order valence-corrected chi connectivity index (χ3v) is 3.92. The molecule has 0 spiro atoms. The second-order valence-electron chi connectivity index (χ2n) is 3.86. The van der Waals surface area contributed by atoms with Crippen LogP contribution in [0.2, 0.25) is 0 Å². The number of rotatable bonds is 4. The Morgan fingerprint density at radius 3 is 2.63 bits per heavy atom. The van der Waals surface area contributed by atoms with Crippen molar-refractivity contribution >= 4 is 32.7 Å². The number of aromatic nitrogens is 1. The first-order valence-corrected chi connectivity index (χ1v) is 7.61. The fourth-order valence-electron chi connectivity index (χ4n) is 1.49. The van der Waals surface area contributed by atoms with Gasteiger partial charge in [0.25, 0.3) is 0 Å². The molecule has 6 N–H and O–H groups in total. The molecule has 0 bridgehead atoms. The maximum Gasteiger partial charge on any atom is 0.304 e. The number of thiazole rings is 1. The summed E-state index contributed by atoms with van der Waals surface area (Å²) in [4.78, 5) is 13.4. The Morgan fingerprint density at radius 2 is 2.05 bits per heavy atom. The van der Waals surface area contributed by atoms with E-state index in [1.54, 1.807) is 11.4 Å². The minimum atomic E-state index is -3.80. The number of nitrogens with two attached hydrogens (primary N) is 2. The van der Waals surface area contributed by atoms with Crippen molar-refractivity contribution in [3.63, 3.8) is 0 Å². The van der Waals surface area contributed by atoms with Crippen LogP contribution in [0.1, 0.15) is 5.69 Å².